The molecule has 0 fully saturated rings. The zero-order valence-electron chi connectivity index (χ0n) is 7.51. The summed E-state index contributed by atoms with van der Waals surface area (Å²) < 4.78 is 28.9. The van der Waals surface area contributed by atoms with Crippen molar-refractivity contribution in [3.8, 4) is 0 Å². The standard InChI is InChI=1S/C6H14N2O4S2/c7-5(4-13)6(9)8-2-1-3-14(10,11)12/h5,13H,1-4,7H2,(H,8,9)(H,10,11,12)/t5-/m0/s1. The van der Waals surface area contributed by atoms with Gasteiger partial charge < -0.3 is 11.1 Å². The average molecular weight is 242 g/mol. The van der Waals surface area contributed by atoms with Crippen LogP contribution in [0, 0.1) is 0 Å². The molecule has 0 saturated heterocycles. The minimum Gasteiger partial charge on any atom is -0.355 e. The number of nitrogens with one attached hydrogen (secondary N) is 1. The molecule has 0 rings (SSSR count). The first kappa shape index (κ1) is 13.7. The molecule has 84 valence electrons. The summed E-state index contributed by atoms with van der Waals surface area (Å²) in [5, 5.41) is 2.42. The SMILES string of the molecule is N[C@@H](CS)C(=O)NCCCS(=O)(=O)O. The van der Waals surface area contributed by atoms with Crippen LogP contribution in [0.2, 0.25) is 0 Å². The van der Waals surface area contributed by atoms with Crippen LogP contribution in [0.25, 0.3) is 0 Å². The molecular weight excluding hydrogens is 228 g/mol. The van der Waals surface area contributed by atoms with Crippen molar-refractivity contribution in [1.82, 2.24) is 5.32 Å². The number of amides is 1. The van der Waals surface area contributed by atoms with E-state index < -0.39 is 16.2 Å². The quantitative estimate of drug-likeness (QED) is 0.261. The molecule has 8 heteroatoms. The Bertz CT molecular complexity index is 278. The number of hydrogen-bond donors (Lipinski definition) is 4. The van der Waals surface area contributed by atoms with Crippen LogP contribution in [0.1, 0.15) is 6.42 Å². The molecule has 0 aromatic rings. The van der Waals surface area contributed by atoms with Crippen LogP contribution in [-0.4, -0.2) is 43.0 Å². The van der Waals surface area contributed by atoms with E-state index in [0.717, 1.165) is 0 Å². The molecule has 0 aliphatic rings. The van der Waals surface area contributed by atoms with Crippen LogP contribution < -0.4 is 11.1 Å². The molecule has 0 spiro atoms. The summed E-state index contributed by atoms with van der Waals surface area (Å²) in [6.07, 6.45) is 0.157. The third-order valence-corrected chi connectivity index (χ3v) is 2.61. The van der Waals surface area contributed by atoms with E-state index in [4.69, 9.17) is 10.3 Å². The number of nitrogens with two attached hydrogens (primary N) is 1. The normalized spacial score (nSPS) is 13.6. The summed E-state index contributed by atoms with van der Waals surface area (Å²) in [6, 6.07) is -0.691. The van der Waals surface area contributed by atoms with Crippen molar-refractivity contribution in [2.45, 2.75) is 12.5 Å². The van der Waals surface area contributed by atoms with Crippen molar-refractivity contribution >= 4 is 28.7 Å². The summed E-state index contributed by atoms with van der Waals surface area (Å²) in [5.74, 6) is -0.525. The second-order valence-electron chi connectivity index (χ2n) is 2.72. The van der Waals surface area contributed by atoms with Crippen molar-refractivity contribution in [1.29, 1.82) is 0 Å². The van der Waals surface area contributed by atoms with E-state index in [2.05, 4.69) is 17.9 Å². The number of carbonyl (C=O) groups is 1. The largest absolute Gasteiger partial charge is 0.355 e. The molecule has 0 saturated carbocycles. The van der Waals surface area contributed by atoms with Crippen molar-refractivity contribution in [2.24, 2.45) is 5.73 Å². The van der Waals surface area contributed by atoms with E-state index in [-0.39, 0.29) is 30.4 Å². The van der Waals surface area contributed by atoms with E-state index in [1.54, 1.807) is 0 Å². The fourth-order valence-electron chi connectivity index (χ4n) is 0.680. The minimum absolute atomic E-state index is 0.157. The van der Waals surface area contributed by atoms with Gasteiger partial charge in [0.2, 0.25) is 5.91 Å². The predicted molar refractivity (Wildman–Crippen MR) is 55.9 cm³/mol. The minimum atomic E-state index is -3.95. The maximum Gasteiger partial charge on any atom is 0.264 e. The molecule has 0 aromatic carbocycles. The third kappa shape index (κ3) is 7.13. The Labute approximate surface area is 88.4 Å². The van der Waals surface area contributed by atoms with E-state index in [1.165, 1.54) is 0 Å². The van der Waals surface area contributed by atoms with Gasteiger partial charge in [-0.2, -0.15) is 21.0 Å². The first-order valence-corrected chi connectivity index (χ1v) is 6.20. The maximum absolute atomic E-state index is 11.0. The number of hydrogen-bond acceptors (Lipinski definition) is 5. The Hall–Kier alpha value is -0.310. The maximum atomic E-state index is 11.0. The van der Waals surface area contributed by atoms with Gasteiger partial charge in [-0.25, -0.2) is 0 Å². The van der Waals surface area contributed by atoms with Crippen LogP contribution in [-0.2, 0) is 14.9 Å². The van der Waals surface area contributed by atoms with Gasteiger partial charge in [-0.3, -0.25) is 9.35 Å². The van der Waals surface area contributed by atoms with Gasteiger partial charge >= 0.3 is 0 Å². The van der Waals surface area contributed by atoms with Gasteiger partial charge in [0.05, 0.1) is 11.8 Å². The molecule has 0 heterocycles. The van der Waals surface area contributed by atoms with Crippen LogP contribution in [0.3, 0.4) is 0 Å². The van der Waals surface area contributed by atoms with E-state index in [9.17, 15) is 13.2 Å². The molecule has 0 aliphatic carbocycles. The van der Waals surface area contributed by atoms with Crippen LogP contribution in [0.15, 0.2) is 0 Å². The molecule has 0 unspecified atom stereocenters. The summed E-state index contributed by atoms with van der Waals surface area (Å²) >= 11 is 3.82. The van der Waals surface area contributed by atoms with E-state index in [0.29, 0.717) is 0 Å². The second kappa shape index (κ2) is 6.23. The van der Waals surface area contributed by atoms with Gasteiger partial charge in [-0.1, -0.05) is 0 Å². The van der Waals surface area contributed by atoms with Gasteiger partial charge in [0.25, 0.3) is 10.1 Å². The molecular formula is C6H14N2O4S2. The topological polar surface area (TPSA) is 109 Å². The monoisotopic (exact) mass is 242 g/mol. The second-order valence-corrected chi connectivity index (χ2v) is 4.66. The highest BCUT2D eigenvalue weighted by molar-refractivity contribution is 7.85. The van der Waals surface area contributed by atoms with Gasteiger partial charge in [0.1, 0.15) is 0 Å². The fraction of sp³-hybridized carbons (Fsp3) is 0.833. The summed E-state index contributed by atoms with van der Waals surface area (Å²) in [6.45, 7) is 0.167. The van der Waals surface area contributed by atoms with Crippen molar-refractivity contribution in [3.63, 3.8) is 0 Å². The lowest BCUT2D eigenvalue weighted by atomic mass is 10.3. The Morgan fingerprint density at radius 2 is 2.14 bits per heavy atom. The smallest absolute Gasteiger partial charge is 0.264 e. The van der Waals surface area contributed by atoms with Crippen molar-refractivity contribution < 1.29 is 17.8 Å². The fourth-order valence-corrected chi connectivity index (χ4v) is 1.36. The summed E-state index contributed by atoms with van der Waals surface area (Å²) in [4.78, 5) is 11.0. The van der Waals surface area contributed by atoms with Crippen molar-refractivity contribution in [3.05, 3.63) is 0 Å². The Kier molecular flexibility index (Phi) is 6.09. The van der Waals surface area contributed by atoms with Gasteiger partial charge in [0.15, 0.2) is 0 Å². The van der Waals surface area contributed by atoms with Crippen molar-refractivity contribution in [2.75, 3.05) is 18.1 Å². The zero-order valence-corrected chi connectivity index (χ0v) is 9.22. The first-order valence-electron chi connectivity index (χ1n) is 3.96. The molecule has 1 amide bonds. The first-order chi connectivity index (χ1) is 6.37. The Morgan fingerprint density at radius 1 is 1.57 bits per heavy atom. The number of carbonyl (C=O) groups excluding carboxylic acids is 1. The lowest BCUT2D eigenvalue weighted by Gasteiger charge is -2.08. The van der Waals surface area contributed by atoms with Gasteiger partial charge in [0, 0.05) is 12.3 Å². The van der Waals surface area contributed by atoms with E-state index in [1.807, 2.05) is 0 Å². The molecule has 0 bridgehead atoms. The zero-order chi connectivity index (χ0) is 11.2. The summed E-state index contributed by atoms with van der Waals surface area (Å²) in [5.41, 5.74) is 5.33. The highest BCUT2D eigenvalue weighted by atomic mass is 32.2. The third-order valence-electron chi connectivity index (χ3n) is 1.41. The lowest BCUT2D eigenvalue weighted by Crippen LogP contribution is -2.42. The number of rotatable bonds is 6. The molecule has 14 heavy (non-hydrogen) atoms. The van der Waals surface area contributed by atoms with Crippen LogP contribution >= 0.6 is 12.6 Å². The molecule has 1 atom stereocenters. The van der Waals surface area contributed by atoms with Crippen LogP contribution in [0.4, 0.5) is 0 Å². The highest BCUT2D eigenvalue weighted by Crippen LogP contribution is 1.88. The summed E-state index contributed by atoms with van der Waals surface area (Å²) in [7, 11) is -3.95. The molecule has 0 aromatic heterocycles. The van der Waals surface area contributed by atoms with Gasteiger partial charge in [-0.05, 0) is 6.42 Å². The lowest BCUT2D eigenvalue weighted by molar-refractivity contribution is -0.121. The predicted octanol–water partition coefficient (Wildman–Crippen LogP) is -1.36. The Balaban J connectivity index is 3.61. The highest BCUT2D eigenvalue weighted by Gasteiger charge is 2.10. The Morgan fingerprint density at radius 3 is 2.57 bits per heavy atom. The average Bonchev–Trinajstić information content (AvgIpc) is 2.09. The molecule has 4 N–H and O–H groups in total. The van der Waals surface area contributed by atoms with Gasteiger partial charge in [-0.15, -0.1) is 0 Å². The van der Waals surface area contributed by atoms with E-state index >= 15 is 0 Å². The molecule has 0 aliphatic heterocycles. The molecule has 0 radical (unpaired) electrons. The van der Waals surface area contributed by atoms with Crippen LogP contribution in [0.5, 0.6) is 0 Å². The number of thiol groups is 1. The molecule has 6 nitrogen and oxygen atoms in total.